The fourth-order valence-corrected chi connectivity index (χ4v) is 2.16. The monoisotopic (exact) mass is 291 g/mol. The molecule has 0 aliphatic heterocycles. The van der Waals surface area contributed by atoms with Gasteiger partial charge in [0, 0.05) is 18.2 Å². The summed E-state index contributed by atoms with van der Waals surface area (Å²) in [5, 5.41) is 3.32. The van der Waals surface area contributed by atoms with E-state index in [1.807, 2.05) is 48.5 Å². The predicted octanol–water partition coefficient (Wildman–Crippen LogP) is 3.76. The Morgan fingerprint density at radius 1 is 0.955 bits per heavy atom. The molecule has 1 aromatic heterocycles. The van der Waals surface area contributed by atoms with Gasteiger partial charge >= 0.3 is 0 Å². The van der Waals surface area contributed by atoms with Gasteiger partial charge in [0.25, 0.3) is 0 Å². The minimum Gasteiger partial charge on any atom is -0.497 e. The van der Waals surface area contributed by atoms with E-state index in [9.17, 15) is 0 Å². The summed E-state index contributed by atoms with van der Waals surface area (Å²) in [6.07, 6.45) is 1.58. The van der Waals surface area contributed by atoms with Gasteiger partial charge in [0.15, 0.2) is 0 Å². The molecule has 1 N–H and O–H groups in total. The van der Waals surface area contributed by atoms with Crippen LogP contribution in [-0.2, 0) is 6.54 Å². The van der Waals surface area contributed by atoms with Crippen molar-refractivity contribution in [2.75, 3.05) is 12.4 Å². The van der Waals surface area contributed by atoms with Crippen molar-refractivity contribution >= 4 is 5.82 Å². The molecule has 0 aliphatic carbocycles. The standard InChI is InChI=1S/C18H17N3O/c1-22-16-9-7-15(8-10-16)17-11-18(21-13-20-17)19-12-14-5-3-2-4-6-14/h2-11,13H,12H2,1H3,(H,19,20,21). The second kappa shape index (κ2) is 6.72. The van der Waals surface area contributed by atoms with Crippen LogP contribution in [0.1, 0.15) is 5.56 Å². The average molecular weight is 291 g/mol. The fourth-order valence-electron chi connectivity index (χ4n) is 2.16. The predicted molar refractivity (Wildman–Crippen MR) is 87.8 cm³/mol. The molecule has 0 saturated carbocycles. The summed E-state index contributed by atoms with van der Waals surface area (Å²) in [4.78, 5) is 8.59. The Balaban J connectivity index is 1.74. The van der Waals surface area contributed by atoms with Crippen LogP contribution in [0.25, 0.3) is 11.3 Å². The molecule has 0 atom stereocenters. The molecule has 22 heavy (non-hydrogen) atoms. The van der Waals surface area contributed by atoms with Crippen LogP contribution in [0.4, 0.5) is 5.82 Å². The Kier molecular flexibility index (Phi) is 4.30. The Morgan fingerprint density at radius 3 is 2.45 bits per heavy atom. The zero-order chi connectivity index (χ0) is 15.2. The first-order valence-electron chi connectivity index (χ1n) is 7.09. The lowest BCUT2D eigenvalue weighted by Gasteiger charge is -2.07. The molecule has 0 aliphatic rings. The Labute approximate surface area is 129 Å². The van der Waals surface area contributed by atoms with Gasteiger partial charge in [-0.3, -0.25) is 0 Å². The first kappa shape index (κ1) is 14.1. The Hall–Kier alpha value is -2.88. The molecule has 3 rings (SSSR count). The van der Waals surface area contributed by atoms with E-state index >= 15 is 0 Å². The van der Waals surface area contributed by atoms with Gasteiger partial charge in [-0.25, -0.2) is 9.97 Å². The van der Waals surface area contributed by atoms with Crippen molar-refractivity contribution in [3.05, 3.63) is 72.6 Å². The van der Waals surface area contributed by atoms with E-state index in [4.69, 9.17) is 4.74 Å². The number of rotatable bonds is 5. The second-order valence-corrected chi connectivity index (χ2v) is 4.86. The van der Waals surface area contributed by atoms with Crippen molar-refractivity contribution < 1.29 is 4.74 Å². The van der Waals surface area contributed by atoms with Crippen molar-refractivity contribution in [1.29, 1.82) is 0 Å². The van der Waals surface area contributed by atoms with E-state index < -0.39 is 0 Å². The van der Waals surface area contributed by atoms with E-state index in [1.165, 1.54) is 5.56 Å². The molecule has 0 fully saturated rings. The molecular weight excluding hydrogens is 274 g/mol. The first-order chi connectivity index (χ1) is 10.8. The molecular formula is C18H17N3O. The van der Waals surface area contributed by atoms with Crippen LogP contribution in [0, 0.1) is 0 Å². The van der Waals surface area contributed by atoms with E-state index in [0.29, 0.717) is 0 Å². The SMILES string of the molecule is COc1ccc(-c2cc(NCc3ccccc3)ncn2)cc1. The fraction of sp³-hybridized carbons (Fsp3) is 0.111. The third kappa shape index (κ3) is 3.41. The smallest absolute Gasteiger partial charge is 0.130 e. The van der Waals surface area contributed by atoms with Crippen molar-refractivity contribution in [3.8, 4) is 17.0 Å². The highest BCUT2D eigenvalue weighted by atomic mass is 16.5. The number of ether oxygens (including phenoxy) is 1. The highest BCUT2D eigenvalue weighted by Crippen LogP contribution is 2.21. The Bertz CT molecular complexity index is 727. The molecule has 3 aromatic rings. The number of methoxy groups -OCH3 is 1. The maximum atomic E-state index is 5.17. The van der Waals surface area contributed by atoms with E-state index in [1.54, 1.807) is 13.4 Å². The summed E-state index contributed by atoms with van der Waals surface area (Å²) >= 11 is 0. The second-order valence-electron chi connectivity index (χ2n) is 4.86. The van der Waals surface area contributed by atoms with Gasteiger partial charge in [0.2, 0.25) is 0 Å². The van der Waals surface area contributed by atoms with Crippen LogP contribution >= 0.6 is 0 Å². The summed E-state index contributed by atoms with van der Waals surface area (Å²) in [6.45, 7) is 0.736. The number of benzene rings is 2. The topological polar surface area (TPSA) is 47.0 Å². The minimum atomic E-state index is 0.736. The maximum Gasteiger partial charge on any atom is 0.130 e. The molecule has 0 bridgehead atoms. The van der Waals surface area contributed by atoms with Gasteiger partial charge < -0.3 is 10.1 Å². The molecule has 1 heterocycles. The number of nitrogens with one attached hydrogen (secondary N) is 1. The van der Waals surface area contributed by atoms with E-state index in [2.05, 4.69) is 27.4 Å². The number of hydrogen-bond donors (Lipinski definition) is 1. The number of nitrogens with zero attached hydrogens (tertiary/aromatic N) is 2. The first-order valence-corrected chi connectivity index (χ1v) is 7.09. The minimum absolute atomic E-state index is 0.736. The van der Waals surface area contributed by atoms with Gasteiger partial charge in [-0.2, -0.15) is 0 Å². The third-order valence-electron chi connectivity index (χ3n) is 3.37. The van der Waals surface area contributed by atoms with Crippen molar-refractivity contribution in [2.45, 2.75) is 6.54 Å². The van der Waals surface area contributed by atoms with Crippen molar-refractivity contribution in [1.82, 2.24) is 9.97 Å². The normalized spacial score (nSPS) is 10.2. The van der Waals surface area contributed by atoms with Crippen LogP contribution in [-0.4, -0.2) is 17.1 Å². The van der Waals surface area contributed by atoms with Gasteiger partial charge in [-0.1, -0.05) is 30.3 Å². The maximum absolute atomic E-state index is 5.17. The molecule has 0 spiro atoms. The molecule has 110 valence electrons. The van der Waals surface area contributed by atoms with Gasteiger partial charge in [0.1, 0.15) is 17.9 Å². The molecule has 4 nitrogen and oxygen atoms in total. The highest BCUT2D eigenvalue weighted by Gasteiger charge is 2.02. The zero-order valence-corrected chi connectivity index (χ0v) is 12.4. The summed E-state index contributed by atoms with van der Waals surface area (Å²) in [7, 11) is 1.66. The van der Waals surface area contributed by atoms with Gasteiger partial charge in [-0.15, -0.1) is 0 Å². The summed E-state index contributed by atoms with van der Waals surface area (Å²) in [6, 6.07) is 20.0. The number of aromatic nitrogens is 2. The summed E-state index contributed by atoms with van der Waals surface area (Å²) < 4.78 is 5.17. The van der Waals surface area contributed by atoms with Crippen LogP contribution in [0.15, 0.2) is 67.0 Å². The van der Waals surface area contributed by atoms with Gasteiger partial charge in [-0.05, 0) is 29.8 Å². The van der Waals surface area contributed by atoms with Gasteiger partial charge in [0.05, 0.1) is 12.8 Å². The largest absolute Gasteiger partial charge is 0.497 e. The van der Waals surface area contributed by atoms with E-state index in [0.717, 1.165) is 29.4 Å². The lowest BCUT2D eigenvalue weighted by Crippen LogP contribution is -2.01. The highest BCUT2D eigenvalue weighted by molar-refractivity contribution is 5.62. The summed E-state index contributed by atoms with van der Waals surface area (Å²) in [5.74, 6) is 1.64. The van der Waals surface area contributed by atoms with Crippen molar-refractivity contribution in [3.63, 3.8) is 0 Å². The van der Waals surface area contributed by atoms with Crippen molar-refractivity contribution in [2.24, 2.45) is 0 Å². The molecule has 2 aromatic carbocycles. The van der Waals surface area contributed by atoms with E-state index in [-0.39, 0.29) is 0 Å². The average Bonchev–Trinajstić information content (AvgIpc) is 2.61. The number of hydrogen-bond acceptors (Lipinski definition) is 4. The molecule has 0 radical (unpaired) electrons. The Morgan fingerprint density at radius 2 is 1.73 bits per heavy atom. The zero-order valence-electron chi connectivity index (χ0n) is 12.4. The molecule has 0 unspecified atom stereocenters. The molecule has 0 amide bonds. The summed E-state index contributed by atoms with van der Waals surface area (Å²) in [5.41, 5.74) is 3.13. The van der Waals surface area contributed by atoms with Crippen LogP contribution < -0.4 is 10.1 Å². The molecule has 0 saturated heterocycles. The van der Waals surface area contributed by atoms with Crippen LogP contribution in [0.5, 0.6) is 5.75 Å². The lowest BCUT2D eigenvalue weighted by atomic mass is 10.1. The quantitative estimate of drug-likeness (QED) is 0.777. The lowest BCUT2D eigenvalue weighted by molar-refractivity contribution is 0.415. The van der Waals surface area contributed by atoms with Crippen LogP contribution in [0.2, 0.25) is 0 Å². The molecule has 4 heteroatoms. The number of anilines is 1. The third-order valence-corrected chi connectivity index (χ3v) is 3.37. The van der Waals surface area contributed by atoms with Crippen LogP contribution in [0.3, 0.4) is 0 Å².